The van der Waals surface area contributed by atoms with E-state index in [9.17, 15) is 5.11 Å². The van der Waals surface area contributed by atoms with Crippen LogP contribution in [0.15, 0.2) is 48.5 Å². The van der Waals surface area contributed by atoms with E-state index in [1.54, 1.807) is 4.68 Å². The fraction of sp³-hybridized carbons (Fsp3) is 0.235. The first-order chi connectivity index (χ1) is 11.2. The van der Waals surface area contributed by atoms with Crippen molar-refractivity contribution in [2.75, 3.05) is 5.32 Å². The molecule has 0 fully saturated rings. The largest absolute Gasteiger partial charge is 0.390 e. The molecular weight excluding hydrogens is 290 g/mol. The van der Waals surface area contributed by atoms with Gasteiger partial charge >= 0.3 is 0 Å². The normalized spacial score (nSPS) is 19.6. The van der Waals surface area contributed by atoms with Gasteiger partial charge in [0.05, 0.1) is 17.8 Å². The minimum atomic E-state index is -0.490. The number of hydrogen-bond acceptors (Lipinski definition) is 5. The van der Waals surface area contributed by atoms with Crippen molar-refractivity contribution in [1.82, 2.24) is 20.2 Å². The van der Waals surface area contributed by atoms with Crippen LogP contribution >= 0.6 is 0 Å². The van der Waals surface area contributed by atoms with Crippen LogP contribution in [0.5, 0.6) is 0 Å². The number of anilines is 1. The highest BCUT2D eigenvalue weighted by atomic mass is 16.3. The van der Waals surface area contributed by atoms with Gasteiger partial charge in [0, 0.05) is 6.42 Å². The number of hydrogen-bond donors (Lipinski definition) is 2. The number of aliphatic hydroxyl groups is 1. The summed E-state index contributed by atoms with van der Waals surface area (Å²) in [5.74, 6) is 0.523. The lowest BCUT2D eigenvalue weighted by molar-refractivity contribution is 0.165. The molecule has 6 nitrogen and oxygen atoms in total. The second-order valence-electron chi connectivity index (χ2n) is 5.84. The zero-order valence-electron chi connectivity index (χ0n) is 12.7. The fourth-order valence-corrected chi connectivity index (χ4v) is 3.02. The maximum atomic E-state index is 10.4. The Labute approximate surface area is 133 Å². The van der Waals surface area contributed by atoms with Gasteiger partial charge in [0.15, 0.2) is 0 Å². The van der Waals surface area contributed by atoms with Crippen molar-refractivity contribution in [3.05, 3.63) is 65.2 Å². The van der Waals surface area contributed by atoms with Gasteiger partial charge in [0.1, 0.15) is 0 Å². The summed E-state index contributed by atoms with van der Waals surface area (Å²) in [6.07, 6.45) is 0.149. The van der Waals surface area contributed by atoms with Gasteiger partial charge in [-0.25, -0.2) is 0 Å². The van der Waals surface area contributed by atoms with Crippen molar-refractivity contribution in [3.63, 3.8) is 0 Å². The number of nitrogens with zero attached hydrogens (tertiary/aromatic N) is 4. The summed E-state index contributed by atoms with van der Waals surface area (Å²) >= 11 is 0. The van der Waals surface area contributed by atoms with Crippen molar-refractivity contribution in [3.8, 4) is 5.69 Å². The monoisotopic (exact) mass is 307 g/mol. The number of fused-ring (bicyclic) bond motifs is 1. The molecule has 2 N–H and O–H groups in total. The predicted molar refractivity (Wildman–Crippen MR) is 86.4 cm³/mol. The molecule has 1 heterocycles. The van der Waals surface area contributed by atoms with Gasteiger partial charge < -0.3 is 10.4 Å². The third kappa shape index (κ3) is 2.47. The number of benzene rings is 2. The molecule has 23 heavy (non-hydrogen) atoms. The second kappa shape index (κ2) is 5.48. The van der Waals surface area contributed by atoms with Gasteiger partial charge in [-0.2, -0.15) is 4.68 Å². The smallest absolute Gasteiger partial charge is 0.248 e. The number of nitrogens with one attached hydrogen (secondary N) is 1. The summed E-state index contributed by atoms with van der Waals surface area (Å²) in [7, 11) is 0. The van der Waals surface area contributed by atoms with E-state index >= 15 is 0 Å². The standard InChI is InChI=1S/C17H17N5O/c1-11-6-8-13(9-7-11)22-17(19-20-21-22)18-16-14-5-3-2-4-12(14)10-15(16)23/h2-9,15-16,23H,10H2,1H3,(H,18,19,21)/t15-,16+/m1/s1. The molecule has 2 aromatic carbocycles. The molecule has 116 valence electrons. The number of aromatic nitrogens is 4. The Morgan fingerprint density at radius 3 is 2.74 bits per heavy atom. The van der Waals surface area contributed by atoms with E-state index in [1.165, 1.54) is 5.56 Å². The summed E-state index contributed by atoms with van der Waals surface area (Å²) in [6.45, 7) is 2.04. The molecule has 0 radical (unpaired) electrons. The fourth-order valence-electron chi connectivity index (χ4n) is 3.02. The number of aliphatic hydroxyl groups excluding tert-OH is 1. The minimum absolute atomic E-state index is 0.207. The Bertz CT molecular complexity index is 827. The first-order valence-electron chi connectivity index (χ1n) is 7.60. The van der Waals surface area contributed by atoms with Crippen LogP contribution in [0, 0.1) is 6.92 Å². The lowest BCUT2D eigenvalue weighted by Crippen LogP contribution is -2.23. The minimum Gasteiger partial charge on any atom is -0.390 e. The number of rotatable bonds is 3. The molecule has 1 aromatic heterocycles. The molecule has 2 atom stereocenters. The molecule has 0 saturated heterocycles. The quantitative estimate of drug-likeness (QED) is 0.774. The molecule has 3 aromatic rings. The SMILES string of the molecule is Cc1ccc(-n2nnnc2N[C@H]2c3ccccc3C[C@H]2O)cc1. The zero-order valence-corrected chi connectivity index (χ0v) is 12.7. The summed E-state index contributed by atoms with van der Waals surface area (Å²) in [6, 6.07) is 15.8. The van der Waals surface area contributed by atoms with E-state index in [4.69, 9.17) is 0 Å². The molecule has 0 aliphatic heterocycles. The van der Waals surface area contributed by atoms with Crippen molar-refractivity contribution in [1.29, 1.82) is 0 Å². The van der Waals surface area contributed by atoms with Crippen LogP contribution < -0.4 is 5.32 Å². The predicted octanol–water partition coefficient (Wildman–Crippen LogP) is 2.04. The van der Waals surface area contributed by atoms with E-state index in [0.29, 0.717) is 12.4 Å². The summed E-state index contributed by atoms with van der Waals surface area (Å²) in [4.78, 5) is 0. The molecule has 0 saturated carbocycles. The molecule has 0 bridgehead atoms. The maximum absolute atomic E-state index is 10.4. The molecular formula is C17H17N5O. The lowest BCUT2D eigenvalue weighted by atomic mass is 10.1. The first kappa shape index (κ1) is 13.9. The van der Waals surface area contributed by atoms with E-state index in [-0.39, 0.29) is 6.04 Å². The van der Waals surface area contributed by atoms with Gasteiger partial charge in [-0.1, -0.05) is 47.1 Å². The lowest BCUT2D eigenvalue weighted by Gasteiger charge is -2.18. The van der Waals surface area contributed by atoms with Gasteiger partial charge in [-0.15, -0.1) is 0 Å². The zero-order chi connectivity index (χ0) is 15.8. The summed E-state index contributed by atoms with van der Waals surface area (Å²) in [5, 5.41) is 25.5. The highest BCUT2D eigenvalue weighted by molar-refractivity contribution is 5.45. The van der Waals surface area contributed by atoms with E-state index in [0.717, 1.165) is 16.8 Å². The maximum Gasteiger partial charge on any atom is 0.248 e. The average Bonchev–Trinajstić information content (AvgIpc) is 3.14. The molecule has 0 spiro atoms. The summed E-state index contributed by atoms with van der Waals surface area (Å²) < 4.78 is 1.65. The molecule has 1 aliphatic rings. The van der Waals surface area contributed by atoms with Crippen molar-refractivity contribution >= 4 is 5.95 Å². The Kier molecular flexibility index (Phi) is 3.31. The molecule has 1 aliphatic carbocycles. The van der Waals surface area contributed by atoms with Crippen molar-refractivity contribution < 1.29 is 5.11 Å². The van der Waals surface area contributed by atoms with Crippen LogP contribution in [0.2, 0.25) is 0 Å². The molecule has 6 heteroatoms. The second-order valence-corrected chi connectivity index (χ2v) is 5.84. The van der Waals surface area contributed by atoms with Crippen LogP contribution in [0.3, 0.4) is 0 Å². The van der Waals surface area contributed by atoms with Gasteiger partial charge in [0.2, 0.25) is 5.95 Å². The first-order valence-corrected chi connectivity index (χ1v) is 7.60. The van der Waals surface area contributed by atoms with Crippen LogP contribution in [0.25, 0.3) is 5.69 Å². The molecule has 0 amide bonds. The number of tetrazole rings is 1. The highest BCUT2D eigenvalue weighted by Crippen LogP contribution is 2.33. The van der Waals surface area contributed by atoms with Crippen LogP contribution in [0.4, 0.5) is 5.95 Å². The van der Waals surface area contributed by atoms with Gasteiger partial charge in [-0.3, -0.25) is 0 Å². The van der Waals surface area contributed by atoms with Crippen LogP contribution in [-0.2, 0) is 6.42 Å². The van der Waals surface area contributed by atoms with Gasteiger partial charge in [0.25, 0.3) is 0 Å². The molecule has 0 unspecified atom stereocenters. The average molecular weight is 307 g/mol. The van der Waals surface area contributed by atoms with Crippen molar-refractivity contribution in [2.24, 2.45) is 0 Å². The Morgan fingerprint density at radius 1 is 1.13 bits per heavy atom. The third-order valence-electron chi connectivity index (χ3n) is 4.24. The summed E-state index contributed by atoms with van der Waals surface area (Å²) in [5.41, 5.74) is 4.31. The van der Waals surface area contributed by atoms with Crippen molar-refractivity contribution in [2.45, 2.75) is 25.5 Å². The Balaban J connectivity index is 1.66. The van der Waals surface area contributed by atoms with Crippen LogP contribution in [-0.4, -0.2) is 31.4 Å². The Hall–Kier alpha value is -2.73. The number of aryl methyl sites for hydroxylation is 1. The van der Waals surface area contributed by atoms with E-state index in [1.807, 2.05) is 55.5 Å². The third-order valence-corrected chi connectivity index (χ3v) is 4.24. The van der Waals surface area contributed by atoms with Crippen LogP contribution in [0.1, 0.15) is 22.7 Å². The van der Waals surface area contributed by atoms with Gasteiger partial charge in [-0.05, 0) is 40.6 Å². The van der Waals surface area contributed by atoms with E-state index < -0.39 is 6.10 Å². The van der Waals surface area contributed by atoms with E-state index in [2.05, 4.69) is 20.8 Å². The Morgan fingerprint density at radius 2 is 1.91 bits per heavy atom. The molecule has 4 rings (SSSR count). The topological polar surface area (TPSA) is 75.9 Å². The highest BCUT2D eigenvalue weighted by Gasteiger charge is 2.31.